The first-order chi connectivity index (χ1) is 8.23. The minimum atomic E-state index is 0.321. The van der Waals surface area contributed by atoms with Crippen LogP contribution in [0.15, 0.2) is 28.7 Å². The average molecular weight is 294 g/mol. The van der Waals surface area contributed by atoms with Crippen molar-refractivity contribution in [3.8, 4) is 0 Å². The number of rotatable bonds is 2. The lowest BCUT2D eigenvalue weighted by atomic mass is 9.74. The first-order valence-corrected chi connectivity index (χ1v) is 7.54. The molecular formula is C15H20BrN. The van der Waals surface area contributed by atoms with Crippen LogP contribution in [0.1, 0.15) is 44.1 Å². The van der Waals surface area contributed by atoms with Crippen molar-refractivity contribution in [2.75, 3.05) is 0 Å². The van der Waals surface area contributed by atoms with Gasteiger partial charge in [0.15, 0.2) is 0 Å². The Bertz CT molecular complexity index is 394. The molecule has 92 valence electrons. The van der Waals surface area contributed by atoms with Gasteiger partial charge in [-0.3, -0.25) is 0 Å². The van der Waals surface area contributed by atoms with Gasteiger partial charge in [-0.05, 0) is 42.9 Å². The molecule has 0 heterocycles. The van der Waals surface area contributed by atoms with Crippen molar-refractivity contribution in [3.05, 3.63) is 34.3 Å². The van der Waals surface area contributed by atoms with Crippen LogP contribution in [-0.4, -0.2) is 6.04 Å². The minimum Gasteiger partial charge on any atom is -0.327 e. The Hall–Kier alpha value is -0.340. The molecule has 0 radical (unpaired) electrons. The molecule has 2 aliphatic rings. The van der Waals surface area contributed by atoms with Crippen LogP contribution in [0.5, 0.6) is 0 Å². The van der Waals surface area contributed by atoms with Gasteiger partial charge in [-0.25, -0.2) is 0 Å². The number of hydrogen-bond acceptors (Lipinski definition) is 1. The summed E-state index contributed by atoms with van der Waals surface area (Å²) in [6.45, 7) is 0. The Morgan fingerprint density at radius 1 is 1.06 bits per heavy atom. The molecule has 0 amide bonds. The topological polar surface area (TPSA) is 26.0 Å². The summed E-state index contributed by atoms with van der Waals surface area (Å²) >= 11 is 3.51. The van der Waals surface area contributed by atoms with Gasteiger partial charge in [0.05, 0.1) is 0 Å². The van der Waals surface area contributed by atoms with Gasteiger partial charge in [0.2, 0.25) is 0 Å². The largest absolute Gasteiger partial charge is 0.327 e. The number of hydrogen-bond donors (Lipinski definition) is 1. The second-order valence-corrected chi connectivity index (χ2v) is 6.61. The Balaban J connectivity index is 1.89. The third-order valence-corrected chi connectivity index (χ3v) is 5.30. The first-order valence-electron chi connectivity index (χ1n) is 6.75. The number of halogens is 1. The second kappa shape index (κ2) is 4.40. The van der Waals surface area contributed by atoms with E-state index >= 15 is 0 Å². The predicted molar refractivity (Wildman–Crippen MR) is 75.0 cm³/mol. The maximum Gasteiger partial charge on any atom is 0.0175 e. The Kier molecular flexibility index (Phi) is 3.04. The van der Waals surface area contributed by atoms with Gasteiger partial charge < -0.3 is 5.73 Å². The molecule has 2 saturated carbocycles. The van der Waals surface area contributed by atoms with Crippen molar-refractivity contribution < 1.29 is 0 Å². The highest BCUT2D eigenvalue weighted by atomic mass is 79.9. The van der Waals surface area contributed by atoms with E-state index in [0.29, 0.717) is 11.5 Å². The van der Waals surface area contributed by atoms with Crippen LogP contribution in [-0.2, 0) is 5.41 Å². The van der Waals surface area contributed by atoms with E-state index in [1.165, 1.54) is 44.1 Å². The predicted octanol–water partition coefficient (Wildman–Crippen LogP) is 4.00. The maximum atomic E-state index is 6.29. The summed E-state index contributed by atoms with van der Waals surface area (Å²) in [4.78, 5) is 0. The highest BCUT2D eigenvalue weighted by Crippen LogP contribution is 2.56. The molecular weight excluding hydrogens is 274 g/mol. The Morgan fingerprint density at radius 2 is 1.65 bits per heavy atom. The Labute approximate surface area is 112 Å². The van der Waals surface area contributed by atoms with Gasteiger partial charge in [-0.1, -0.05) is 47.3 Å². The summed E-state index contributed by atoms with van der Waals surface area (Å²) in [6.07, 6.45) is 8.17. The third-order valence-electron chi connectivity index (χ3n) is 4.77. The third kappa shape index (κ3) is 1.96. The van der Waals surface area contributed by atoms with Crippen LogP contribution in [0.4, 0.5) is 0 Å². The van der Waals surface area contributed by atoms with E-state index in [4.69, 9.17) is 5.73 Å². The molecule has 0 spiro atoms. The van der Waals surface area contributed by atoms with Gasteiger partial charge in [0, 0.05) is 15.9 Å². The molecule has 1 aromatic rings. The molecule has 0 saturated heterocycles. The van der Waals surface area contributed by atoms with Gasteiger partial charge in [0.25, 0.3) is 0 Å². The summed E-state index contributed by atoms with van der Waals surface area (Å²) in [6, 6.07) is 9.25. The summed E-state index contributed by atoms with van der Waals surface area (Å²) in [7, 11) is 0. The molecule has 2 aliphatic carbocycles. The normalized spacial score (nSPS) is 33.6. The van der Waals surface area contributed by atoms with Crippen molar-refractivity contribution in [2.45, 2.75) is 50.0 Å². The van der Waals surface area contributed by atoms with Crippen LogP contribution in [0.25, 0.3) is 0 Å². The molecule has 3 rings (SSSR count). The van der Waals surface area contributed by atoms with Gasteiger partial charge in [0.1, 0.15) is 0 Å². The number of benzene rings is 1. The zero-order chi connectivity index (χ0) is 11.9. The molecule has 1 aromatic carbocycles. The molecule has 1 unspecified atom stereocenters. The molecule has 0 aliphatic heterocycles. The molecule has 17 heavy (non-hydrogen) atoms. The molecule has 2 heteroatoms. The molecule has 2 fully saturated rings. The van der Waals surface area contributed by atoms with Gasteiger partial charge in [-0.15, -0.1) is 0 Å². The highest BCUT2D eigenvalue weighted by Gasteiger charge is 2.57. The average Bonchev–Trinajstić information content (AvgIpc) is 3.04. The van der Waals surface area contributed by atoms with E-state index in [9.17, 15) is 0 Å². The van der Waals surface area contributed by atoms with Crippen molar-refractivity contribution in [3.63, 3.8) is 0 Å². The van der Waals surface area contributed by atoms with Gasteiger partial charge in [-0.2, -0.15) is 0 Å². The van der Waals surface area contributed by atoms with E-state index in [0.717, 1.165) is 10.4 Å². The van der Waals surface area contributed by atoms with E-state index in [2.05, 4.69) is 40.2 Å². The van der Waals surface area contributed by atoms with E-state index < -0.39 is 0 Å². The number of nitrogens with two attached hydrogens (primary N) is 1. The maximum absolute atomic E-state index is 6.29. The minimum absolute atomic E-state index is 0.321. The zero-order valence-electron chi connectivity index (χ0n) is 10.2. The fourth-order valence-electron chi connectivity index (χ4n) is 3.72. The standard InChI is InChI=1S/C15H20BrN/c16-13-8-6-12(7-9-13)15(10-14(15)17)11-4-2-1-3-5-11/h6-9,11,14H,1-5,10,17H2/t14-,15?/m1/s1. The van der Waals surface area contributed by atoms with Crippen LogP contribution in [0.3, 0.4) is 0 Å². The summed E-state index contributed by atoms with van der Waals surface area (Å²) in [5, 5.41) is 0. The highest BCUT2D eigenvalue weighted by molar-refractivity contribution is 9.10. The fraction of sp³-hybridized carbons (Fsp3) is 0.600. The first kappa shape index (κ1) is 11.7. The van der Waals surface area contributed by atoms with Crippen molar-refractivity contribution in [1.82, 2.24) is 0 Å². The lowest BCUT2D eigenvalue weighted by Gasteiger charge is -2.31. The lowest BCUT2D eigenvalue weighted by molar-refractivity contribution is 0.284. The van der Waals surface area contributed by atoms with Crippen molar-refractivity contribution in [1.29, 1.82) is 0 Å². The van der Waals surface area contributed by atoms with Crippen LogP contribution >= 0.6 is 15.9 Å². The molecule has 2 atom stereocenters. The molecule has 0 aromatic heterocycles. The van der Waals surface area contributed by atoms with Crippen LogP contribution < -0.4 is 5.73 Å². The fourth-order valence-corrected chi connectivity index (χ4v) is 3.98. The van der Waals surface area contributed by atoms with E-state index in [-0.39, 0.29) is 0 Å². The summed E-state index contributed by atoms with van der Waals surface area (Å²) < 4.78 is 1.16. The van der Waals surface area contributed by atoms with E-state index in [1.807, 2.05) is 0 Å². The second-order valence-electron chi connectivity index (χ2n) is 5.69. The lowest BCUT2D eigenvalue weighted by Crippen LogP contribution is -2.29. The Morgan fingerprint density at radius 3 is 2.18 bits per heavy atom. The van der Waals surface area contributed by atoms with Crippen molar-refractivity contribution >= 4 is 15.9 Å². The smallest absolute Gasteiger partial charge is 0.0175 e. The zero-order valence-corrected chi connectivity index (χ0v) is 11.7. The summed E-state index contributed by atoms with van der Waals surface area (Å²) in [5.74, 6) is 0.826. The van der Waals surface area contributed by atoms with Crippen LogP contribution in [0, 0.1) is 5.92 Å². The monoisotopic (exact) mass is 293 g/mol. The van der Waals surface area contributed by atoms with Crippen LogP contribution in [0.2, 0.25) is 0 Å². The molecule has 2 N–H and O–H groups in total. The van der Waals surface area contributed by atoms with Gasteiger partial charge >= 0.3 is 0 Å². The van der Waals surface area contributed by atoms with Crippen molar-refractivity contribution in [2.24, 2.45) is 11.7 Å². The SMILES string of the molecule is N[C@@H]1CC1(c1ccc(Br)cc1)C1CCCCC1. The summed E-state index contributed by atoms with van der Waals surface area (Å²) in [5.41, 5.74) is 8.08. The van der Waals surface area contributed by atoms with E-state index in [1.54, 1.807) is 0 Å². The quantitative estimate of drug-likeness (QED) is 0.876. The molecule has 1 nitrogen and oxygen atoms in total. The molecule has 0 bridgehead atoms.